The molecule has 2 heterocycles. The lowest BCUT2D eigenvalue weighted by Gasteiger charge is -2.33. The van der Waals surface area contributed by atoms with Gasteiger partial charge in [-0.1, -0.05) is 18.2 Å². The summed E-state index contributed by atoms with van der Waals surface area (Å²) in [5.74, 6) is -2.43. The summed E-state index contributed by atoms with van der Waals surface area (Å²) in [6, 6.07) is 5.25. The van der Waals surface area contributed by atoms with Crippen LogP contribution in [-0.2, 0) is 20.4 Å². The number of benzene rings is 1. The molecule has 0 radical (unpaired) electrons. The van der Waals surface area contributed by atoms with Gasteiger partial charge in [-0.15, -0.1) is 0 Å². The van der Waals surface area contributed by atoms with E-state index in [1.54, 1.807) is 13.8 Å². The van der Waals surface area contributed by atoms with Gasteiger partial charge in [-0.3, -0.25) is 9.79 Å². The Morgan fingerprint density at radius 1 is 1.24 bits per heavy atom. The highest BCUT2D eigenvalue weighted by atomic mass is 19.4. The van der Waals surface area contributed by atoms with E-state index in [0.29, 0.717) is 23.6 Å². The van der Waals surface area contributed by atoms with E-state index in [1.165, 1.54) is 25.3 Å². The van der Waals surface area contributed by atoms with Crippen molar-refractivity contribution in [1.82, 2.24) is 0 Å². The van der Waals surface area contributed by atoms with E-state index in [4.69, 9.17) is 9.47 Å². The molecule has 0 amide bonds. The Balaban J connectivity index is 2.29. The highest BCUT2D eigenvalue weighted by Crippen LogP contribution is 2.45. The van der Waals surface area contributed by atoms with Crippen molar-refractivity contribution in [2.45, 2.75) is 45.3 Å². The maximum atomic E-state index is 13.8. The molecule has 3 rings (SSSR count). The van der Waals surface area contributed by atoms with E-state index in [1.807, 2.05) is 13.8 Å². The van der Waals surface area contributed by atoms with Gasteiger partial charge in [-0.05, 0) is 39.3 Å². The summed E-state index contributed by atoms with van der Waals surface area (Å²) in [6.45, 7) is 7.32. The van der Waals surface area contributed by atoms with Crippen molar-refractivity contribution in [1.29, 1.82) is 0 Å². The zero-order chi connectivity index (χ0) is 21.6. The molecule has 0 N–H and O–H groups in total. The monoisotopic (exact) mass is 408 g/mol. The van der Waals surface area contributed by atoms with Gasteiger partial charge in [0.1, 0.15) is 12.5 Å². The molecule has 0 aromatic heterocycles. The molecular formula is C21H23F3N2O3. The number of hydrogen-bond donors (Lipinski definition) is 0. The van der Waals surface area contributed by atoms with Crippen LogP contribution in [0.4, 0.5) is 13.2 Å². The van der Waals surface area contributed by atoms with Crippen molar-refractivity contribution in [2.24, 2.45) is 15.9 Å². The molecule has 0 saturated carbocycles. The smallest absolute Gasteiger partial charge is 0.416 e. The fourth-order valence-electron chi connectivity index (χ4n) is 3.83. The first-order valence-electron chi connectivity index (χ1n) is 9.19. The fraction of sp³-hybridized carbons (Fsp3) is 0.476. The summed E-state index contributed by atoms with van der Waals surface area (Å²) in [7, 11) is 1.21. The Morgan fingerprint density at radius 2 is 1.90 bits per heavy atom. The Bertz CT molecular complexity index is 929. The SMILES string of the molecule is COC(=O)C1C(C)=NC(C)=C(C2=NC(C)(C)CO2)C1c1ccccc1C(F)(F)F. The van der Waals surface area contributed by atoms with Gasteiger partial charge in [-0.2, -0.15) is 13.2 Å². The molecule has 0 spiro atoms. The minimum Gasteiger partial charge on any atom is -0.475 e. The van der Waals surface area contributed by atoms with Crippen LogP contribution < -0.4 is 0 Å². The van der Waals surface area contributed by atoms with Crippen molar-refractivity contribution >= 4 is 17.6 Å². The Labute approximate surface area is 167 Å². The molecule has 8 heteroatoms. The fourth-order valence-corrected chi connectivity index (χ4v) is 3.83. The van der Waals surface area contributed by atoms with Gasteiger partial charge in [-0.25, -0.2) is 4.99 Å². The number of rotatable bonds is 3. The van der Waals surface area contributed by atoms with Crippen molar-refractivity contribution < 1.29 is 27.4 Å². The molecule has 2 unspecified atom stereocenters. The average Bonchev–Trinajstić information content (AvgIpc) is 2.99. The number of nitrogens with zero attached hydrogens (tertiary/aromatic N) is 2. The van der Waals surface area contributed by atoms with E-state index >= 15 is 0 Å². The predicted molar refractivity (Wildman–Crippen MR) is 103 cm³/mol. The number of methoxy groups -OCH3 is 1. The number of ether oxygens (including phenoxy) is 2. The van der Waals surface area contributed by atoms with Crippen molar-refractivity contribution in [3.8, 4) is 0 Å². The van der Waals surface area contributed by atoms with E-state index in [2.05, 4.69) is 9.98 Å². The summed E-state index contributed by atoms with van der Waals surface area (Å²) in [5.41, 5.74) is -0.118. The van der Waals surface area contributed by atoms with Gasteiger partial charge in [0.05, 0.1) is 18.2 Å². The summed E-state index contributed by atoms with van der Waals surface area (Å²) < 4.78 is 52.1. The van der Waals surface area contributed by atoms with Gasteiger partial charge in [0.25, 0.3) is 0 Å². The molecule has 2 aliphatic heterocycles. The molecule has 5 nitrogen and oxygen atoms in total. The molecule has 156 valence electrons. The highest BCUT2D eigenvalue weighted by Gasteiger charge is 2.46. The second-order valence-electron chi connectivity index (χ2n) is 7.83. The maximum absolute atomic E-state index is 13.8. The number of hydrogen-bond acceptors (Lipinski definition) is 5. The molecule has 0 bridgehead atoms. The van der Waals surface area contributed by atoms with Crippen LogP contribution in [0.15, 0.2) is 45.5 Å². The van der Waals surface area contributed by atoms with E-state index in [9.17, 15) is 18.0 Å². The lowest BCUT2D eigenvalue weighted by Crippen LogP contribution is -2.36. The van der Waals surface area contributed by atoms with Gasteiger partial charge in [0.2, 0.25) is 5.90 Å². The number of carbonyl (C=O) groups excluding carboxylic acids is 1. The molecule has 1 aromatic rings. The zero-order valence-electron chi connectivity index (χ0n) is 16.9. The number of allylic oxidation sites excluding steroid dienone is 1. The van der Waals surface area contributed by atoms with Crippen LogP contribution in [0.25, 0.3) is 0 Å². The van der Waals surface area contributed by atoms with E-state index in [-0.39, 0.29) is 11.5 Å². The molecule has 2 atom stereocenters. The summed E-state index contributed by atoms with van der Waals surface area (Å²) in [6.07, 6.45) is -4.59. The Hall–Kier alpha value is -2.64. The quantitative estimate of drug-likeness (QED) is 0.691. The number of carbonyl (C=O) groups is 1. The molecule has 29 heavy (non-hydrogen) atoms. The molecule has 2 aliphatic rings. The van der Waals surface area contributed by atoms with Crippen LogP contribution in [0.5, 0.6) is 0 Å². The summed E-state index contributed by atoms with van der Waals surface area (Å²) >= 11 is 0. The minimum atomic E-state index is -4.59. The predicted octanol–water partition coefficient (Wildman–Crippen LogP) is 4.53. The molecular weight excluding hydrogens is 385 g/mol. The second-order valence-corrected chi connectivity index (χ2v) is 7.83. The van der Waals surface area contributed by atoms with E-state index in [0.717, 1.165) is 6.07 Å². The number of esters is 1. The summed E-state index contributed by atoms with van der Waals surface area (Å²) in [4.78, 5) is 21.6. The molecule has 0 fully saturated rings. The molecule has 0 aliphatic carbocycles. The van der Waals surface area contributed by atoms with Gasteiger partial charge in [0, 0.05) is 22.9 Å². The Kier molecular flexibility index (Phi) is 5.32. The third-order valence-electron chi connectivity index (χ3n) is 5.08. The van der Waals surface area contributed by atoms with Gasteiger partial charge in [0.15, 0.2) is 0 Å². The second kappa shape index (κ2) is 7.31. The lowest BCUT2D eigenvalue weighted by atomic mass is 9.74. The average molecular weight is 408 g/mol. The highest BCUT2D eigenvalue weighted by molar-refractivity contribution is 6.08. The van der Waals surface area contributed by atoms with Gasteiger partial charge >= 0.3 is 12.1 Å². The zero-order valence-corrected chi connectivity index (χ0v) is 16.9. The first-order chi connectivity index (χ1) is 13.5. The Morgan fingerprint density at radius 3 is 2.45 bits per heavy atom. The summed E-state index contributed by atoms with van der Waals surface area (Å²) in [5, 5.41) is 0. The number of halogens is 3. The van der Waals surface area contributed by atoms with Crippen LogP contribution in [0.2, 0.25) is 0 Å². The third kappa shape index (κ3) is 3.93. The first-order valence-corrected chi connectivity index (χ1v) is 9.19. The maximum Gasteiger partial charge on any atom is 0.416 e. The third-order valence-corrected chi connectivity index (χ3v) is 5.08. The number of aliphatic imine (C=N–C) groups is 2. The largest absolute Gasteiger partial charge is 0.475 e. The molecule has 1 aromatic carbocycles. The van der Waals surface area contributed by atoms with Crippen LogP contribution in [0.3, 0.4) is 0 Å². The topological polar surface area (TPSA) is 60.2 Å². The van der Waals surface area contributed by atoms with Crippen LogP contribution in [0.1, 0.15) is 44.7 Å². The van der Waals surface area contributed by atoms with Crippen molar-refractivity contribution in [2.75, 3.05) is 13.7 Å². The van der Waals surface area contributed by atoms with Gasteiger partial charge < -0.3 is 9.47 Å². The van der Waals surface area contributed by atoms with Crippen LogP contribution >= 0.6 is 0 Å². The minimum absolute atomic E-state index is 0.0324. The first kappa shape index (κ1) is 21.1. The van der Waals surface area contributed by atoms with Crippen molar-refractivity contribution in [3.63, 3.8) is 0 Å². The number of alkyl halides is 3. The van der Waals surface area contributed by atoms with E-state index < -0.39 is 35.1 Å². The van der Waals surface area contributed by atoms with Crippen LogP contribution in [0, 0.1) is 5.92 Å². The molecule has 0 saturated heterocycles. The normalized spacial score (nSPS) is 24.0. The van der Waals surface area contributed by atoms with Crippen LogP contribution in [-0.4, -0.2) is 36.8 Å². The lowest BCUT2D eigenvalue weighted by molar-refractivity contribution is -0.144. The van der Waals surface area contributed by atoms with Crippen molar-refractivity contribution in [3.05, 3.63) is 46.7 Å². The standard InChI is InChI=1S/C21H23F3N2O3/c1-11-15(18-26-20(3,4)10-29-18)17(16(12(2)25-11)19(27)28-5)13-8-6-7-9-14(13)21(22,23)24/h6-9,16-17H,10H2,1-5H3.